The van der Waals surface area contributed by atoms with E-state index in [9.17, 15) is 9.59 Å². The van der Waals surface area contributed by atoms with Crippen LogP contribution in [0.25, 0.3) is 16.6 Å². The normalized spacial score (nSPS) is 16.8. The van der Waals surface area contributed by atoms with Crippen molar-refractivity contribution in [1.29, 1.82) is 0 Å². The van der Waals surface area contributed by atoms with Crippen molar-refractivity contribution >= 4 is 22.7 Å². The Morgan fingerprint density at radius 1 is 1.19 bits per heavy atom. The van der Waals surface area contributed by atoms with Gasteiger partial charge < -0.3 is 19.9 Å². The maximum Gasteiger partial charge on any atom is 0.290 e. The number of benzene rings is 2. The van der Waals surface area contributed by atoms with Gasteiger partial charge >= 0.3 is 0 Å². The maximum absolute atomic E-state index is 15.3. The van der Waals surface area contributed by atoms with Gasteiger partial charge in [-0.15, -0.1) is 0 Å². The predicted octanol–water partition coefficient (Wildman–Crippen LogP) is 4.18. The Hall–Kier alpha value is -4.21. The van der Waals surface area contributed by atoms with Gasteiger partial charge in [0, 0.05) is 16.9 Å². The molecule has 1 atom stereocenters. The fourth-order valence-corrected chi connectivity index (χ4v) is 4.63. The van der Waals surface area contributed by atoms with E-state index in [0.29, 0.717) is 30.0 Å². The molecule has 2 saturated carbocycles. The van der Waals surface area contributed by atoms with Crippen LogP contribution in [0.15, 0.2) is 53.1 Å². The van der Waals surface area contributed by atoms with Crippen LogP contribution in [0, 0.1) is 5.82 Å². The lowest BCUT2D eigenvalue weighted by Gasteiger charge is -2.21. The second-order valence-corrected chi connectivity index (χ2v) is 9.76. The molecule has 2 aromatic carbocycles. The molecular formula is C27H26FN5O4. The van der Waals surface area contributed by atoms with Crippen LogP contribution < -0.4 is 15.4 Å². The molecule has 10 heteroatoms. The lowest BCUT2D eigenvalue weighted by Crippen LogP contribution is -2.49. The van der Waals surface area contributed by atoms with Crippen LogP contribution in [0.4, 0.5) is 4.39 Å². The Bertz CT molecular complexity index is 1520. The lowest BCUT2D eigenvalue weighted by atomic mass is 10.1. The van der Waals surface area contributed by atoms with Crippen LogP contribution in [0.1, 0.15) is 66.4 Å². The molecule has 6 rings (SSSR count). The topological polar surface area (TPSA) is 111 Å². The number of rotatable bonds is 8. The number of ether oxygens (including phenoxy) is 1. The first kappa shape index (κ1) is 23.2. The summed E-state index contributed by atoms with van der Waals surface area (Å²) in [6.07, 6.45) is 3.19. The number of methoxy groups -OCH3 is 1. The molecule has 0 unspecified atom stereocenters. The molecule has 0 spiro atoms. The van der Waals surface area contributed by atoms with Crippen molar-refractivity contribution < 1.29 is 23.2 Å². The molecule has 0 aliphatic heterocycles. The first-order valence-corrected chi connectivity index (χ1v) is 12.3. The summed E-state index contributed by atoms with van der Waals surface area (Å²) in [7, 11) is 1.41. The number of aromatic nitrogens is 3. The molecule has 0 radical (unpaired) electrons. The van der Waals surface area contributed by atoms with Crippen molar-refractivity contribution in [3.8, 4) is 11.6 Å². The number of carbonyl (C=O) groups excluding carboxylic acids is 2. The SMILES string of the molecule is COc1cc(C(=O)NC2(C(=O)N[C@H](C)c3ccc(-n4nc(C5CC5)c5ccccc54)cc3F)CC2)on1. The van der Waals surface area contributed by atoms with Gasteiger partial charge in [0.05, 0.1) is 36.1 Å². The van der Waals surface area contributed by atoms with Crippen LogP contribution in [-0.2, 0) is 4.79 Å². The molecule has 190 valence electrons. The highest BCUT2D eigenvalue weighted by Crippen LogP contribution is 2.43. The molecule has 2 aromatic heterocycles. The van der Waals surface area contributed by atoms with E-state index < -0.39 is 23.3 Å². The smallest absolute Gasteiger partial charge is 0.290 e. The summed E-state index contributed by atoms with van der Waals surface area (Å²) >= 11 is 0. The van der Waals surface area contributed by atoms with Crippen LogP contribution in [0.5, 0.6) is 5.88 Å². The lowest BCUT2D eigenvalue weighted by molar-refractivity contribution is -0.124. The van der Waals surface area contributed by atoms with Gasteiger partial charge in [0.25, 0.3) is 11.8 Å². The highest BCUT2D eigenvalue weighted by molar-refractivity contribution is 5.99. The quantitative estimate of drug-likeness (QED) is 0.373. The summed E-state index contributed by atoms with van der Waals surface area (Å²) in [5.41, 5.74) is 1.90. The van der Waals surface area contributed by atoms with Gasteiger partial charge in [-0.25, -0.2) is 9.07 Å². The second-order valence-electron chi connectivity index (χ2n) is 9.76. The molecule has 0 bridgehead atoms. The zero-order chi connectivity index (χ0) is 25.7. The van der Waals surface area contributed by atoms with Crippen LogP contribution in [-0.4, -0.2) is 39.4 Å². The van der Waals surface area contributed by atoms with Gasteiger partial charge in [0.2, 0.25) is 11.7 Å². The summed E-state index contributed by atoms with van der Waals surface area (Å²) in [4.78, 5) is 25.5. The highest BCUT2D eigenvalue weighted by Gasteiger charge is 2.52. The molecule has 2 amide bonds. The van der Waals surface area contributed by atoms with E-state index >= 15 is 4.39 Å². The first-order chi connectivity index (χ1) is 17.9. The Balaban J connectivity index is 1.18. The third kappa shape index (κ3) is 4.22. The van der Waals surface area contributed by atoms with Gasteiger partial charge in [-0.3, -0.25) is 9.59 Å². The van der Waals surface area contributed by atoms with E-state index in [1.54, 1.807) is 17.7 Å². The molecule has 9 nitrogen and oxygen atoms in total. The summed E-state index contributed by atoms with van der Waals surface area (Å²) in [5.74, 6) is -0.813. The molecule has 2 aliphatic rings. The number of fused-ring (bicyclic) bond motifs is 1. The van der Waals surface area contributed by atoms with Crippen LogP contribution in [0.3, 0.4) is 0 Å². The van der Waals surface area contributed by atoms with E-state index in [0.717, 1.165) is 29.4 Å². The molecule has 2 N–H and O–H groups in total. The van der Waals surface area contributed by atoms with Gasteiger partial charge in [-0.05, 0) is 56.0 Å². The summed E-state index contributed by atoms with van der Waals surface area (Å²) in [6, 6.07) is 13.6. The molecule has 0 saturated heterocycles. The number of nitrogens with one attached hydrogen (secondary N) is 2. The van der Waals surface area contributed by atoms with E-state index in [4.69, 9.17) is 14.4 Å². The summed E-state index contributed by atoms with van der Waals surface area (Å²) in [6.45, 7) is 1.71. The highest BCUT2D eigenvalue weighted by atomic mass is 19.1. The zero-order valence-corrected chi connectivity index (χ0v) is 20.5. The molecule has 37 heavy (non-hydrogen) atoms. The van der Waals surface area contributed by atoms with Gasteiger partial charge in [0.1, 0.15) is 11.4 Å². The van der Waals surface area contributed by atoms with Crippen molar-refractivity contribution in [1.82, 2.24) is 25.6 Å². The van der Waals surface area contributed by atoms with Crippen molar-refractivity contribution in [3.63, 3.8) is 0 Å². The van der Waals surface area contributed by atoms with Crippen LogP contribution in [0.2, 0.25) is 0 Å². The number of hydrogen-bond donors (Lipinski definition) is 2. The standard InChI is InChI=1S/C27H26FN5O4/c1-15(29-26(35)27(11-12-27)30-25(34)22-14-23(36-2)32-37-22)18-10-9-17(13-20(18)28)33-21-6-4-3-5-19(21)24(31-33)16-7-8-16/h3-6,9-10,13-16H,7-8,11-12H2,1-2H3,(H,29,35)(H,30,34)/t15-/m1/s1. The van der Waals surface area contributed by atoms with Gasteiger partial charge in [0.15, 0.2) is 0 Å². The second kappa shape index (κ2) is 8.72. The average molecular weight is 504 g/mol. The first-order valence-electron chi connectivity index (χ1n) is 12.3. The van der Waals surface area contributed by atoms with Gasteiger partial charge in [-0.1, -0.05) is 24.3 Å². The Morgan fingerprint density at radius 3 is 2.65 bits per heavy atom. The molecule has 2 fully saturated rings. The molecule has 4 aromatic rings. The third-order valence-corrected chi connectivity index (χ3v) is 7.08. The van der Waals surface area contributed by atoms with Gasteiger partial charge in [-0.2, -0.15) is 5.10 Å². The monoisotopic (exact) mass is 503 g/mol. The van der Waals surface area contributed by atoms with Crippen molar-refractivity contribution in [2.24, 2.45) is 0 Å². The van der Waals surface area contributed by atoms with E-state index in [1.165, 1.54) is 19.2 Å². The number of para-hydroxylation sites is 1. The summed E-state index contributed by atoms with van der Waals surface area (Å²) in [5, 5.41) is 15.1. The Labute approximate surface area is 212 Å². The summed E-state index contributed by atoms with van der Waals surface area (Å²) < 4.78 is 27.0. The number of carbonyl (C=O) groups is 2. The number of hydrogen-bond acceptors (Lipinski definition) is 6. The largest absolute Gasteiger partial charge is 0.479 e. The van der Waals surface area contributed by atoms with E-state index in [1.807, 2.05) is 24.3 Å². The fraction of sp³-hybridized carbons (Fsp3) is 0.333. The van der Waals surface area contributed by atoms with E-state index in [-0.39, 0.29) is 17.5 Å². The molecule has 2 aliphatic carbocycles. The predicted molar refractivity (Wildman–Crippen MR) is 132 cm³/mol. The van der Waals surface area contributed by atoms with Crippen molar-refractivity contribution in [3.05, 3.63) is 71.4 Å². The van der Waals surface area contributed by atoms with E-state index in [2.05, 4.69) is 21.9 Å². The van der Waals surface area contributed by atoms with Crippen LogP contribution >= 0.6 is 0 Å². The zero-order valence-electron chi connectivity index (χ0n) is 20.5. The Kier molecular flexibility index (Phi) is 5.47. The Morgan fingerprint density at radius 2 is 1.97 bits per heavy atom. The third-order valence-electron chi connectivity index (χ3n) is 7.08. The number of halogens is 1. The van der Waals surface area contributed by atoms with Crippen molar-refractivity contribution in [2.75, 3.05) is 7.11 Å². The molecule has 2 heterocycles. The number of amides is 2. The number of nitrogens with zero attached hydrogens (tertiary/aromatic N) is 3. The minimum Gasteiger partial charge on any atom is -0.479 e. The minimum absolute atomic E-state index is 0.0541. The fourth-order valence-electron chi connectivity index (χ4n) is 4.63. The maximum atomic E-state index is 15.3. The van der Waals surface area contributed by atoms with Crippen molar-refractivity contribution in [2.45, 2.75) is 50.1 Å². The average Bonchev–Trinajstić information content (AvgIpc) is 3.81. The molecular weight excluding hydrogens is 477 g/mol. The minimum atomic E-state index is -1.06.